The first kappa shape index (κ1) is 21.4. The van der Waals surface area contributed by atoms with Crippen LogP contribution in [0.3, 0.4) is 0 Å². The molecule has 7 rings (SSSR count). The van der Waals surface area contributed by atoms with Crippen molar-refractivity contribution in [3.8, 4) is 5.75 Å². The van der Waals surface area contributed by atoms with Crippen LogP contribution in [-0.2, 0) is 9.53 Å². The number of halogens is 1. The number of hydrogen-bond donors (Lipinski definition) is 0. The lowest BCUT2D eigenvalue weighted by Gasteiger charge is -2.33. The maximum Gasteiger partial charge on any atom is 0.332 e. The fraction of sp³-hybridized carbons (Fsp3) is 0.704. The first-order valence-corrected chi connectivity index (χ1v) is 12.8. The maximum absolute atomic E-state index is 15.3. The average molecular weight is 456 g/mol. The molecule has 1 aromatic carbocycles. The van der Waals surface area contributed by atoms with E-state index in [4.69, 9.17) is 9.47 Å². The number of esters is 1. The monoisotopic (exact) mass is 455 g/mol. The largest absolute Gasteiger partial charge is 0.493 e. The molecule has 178 valence electrons. The van der Waals surface area contributed by atoms with Crippen molar-refractivity contribution < 1.29 is 23.5 Å². The van der Waals surface area contributed by atoms with Gasteiger partial charge in [-0.3, -0.25) is 4.79 Å². The van der Waals surface area contributed by atoms with Crippen molar-refractivity contribution in [2.45, 2.75) is 76.2 Å². The number of ether oxygens (including phenoxy) is 2. The van der Waals surface area contributed by atoms with Crippen LogP contribution in [0.5, 0.6) is 5.75 Å². The van der Waals surface area contributed by atoms with Crippen molar-refractivity contribution >= 4 is 11.9 Å². The highest BCUT2D eigenvalue weighted by Gasteiger charge is 2.58. The molecule has 0 aliphatic heterocycles. The van der Waals surface area contributed by atoms with Gasteiger partial charge in [0.1, 0.15) is 17.1 Å². The van der Waals surface area contributed by atoms with Crippen molar-refractivity contribution in [2.75, 3.05) is 20.3 Å². The summed E-state index contributed by atoms with van der Waals surface area (Å²) in [5.41, 5.74) is 0.302. The van der Waals surface area contributed by atoms with Gasteiger partial charge < -0.3 is 14.4 Å². The molecule has 2 unspecified atom stereocenters. The fourth-order valence-electron chi connectivity index (χ4n) is 7.43. The maximum atomic E-state index is 15.3. The molecule has 5 nitrogen and oxygen atoms in total. The lowest BCUT2D eigenvalue weighted by atomic mass is 9.76. The minimum absolute atomic E-state index is 0.0290. The van der Waals surface area contributed by atoms with Crippen LogP contribution in [0.4, 0.5) is 4.39 Å². The van der Waals surface area contributed by atoms with Crippen LogP contribution in [0.2, 0.25) is 0 Å². The molecular weight excluding hydrogens is 421 g/mol. The molecule has 0 aromatic heterocycles. The number of rotatable bonds is 8. The summed E-state index contributed by atoms with van der Waals surface area (Å²) in [6.45, 7) is 2.68. The van der Waals surface area contributed by atoms with Gasteiger partial charge in [-0.15, -0.1) is 0 Å². The highest BCUT2D eigenvalue weighted by atomic mass is 19.1. The molecule has 0 N–H and O–H groups in total. The number of nitrogens with zero attached hydrogens (tertiary/aromatic N) is 1. The highest BCUT2D eigenvalue weighted by molar-refractivity contribution is 5.99. The summed E-state index contributed by atoms with van der Waals surface area (Å²) in [5.74, 6) is 1.99. The topological polar surface area (TPSA) is 55.8 Å². The van der Waals surface area contributed by atoms with E-state index in [0.29, 0.717) is 31.1 Å². The van der Waals surface area contributed by atoms with Crippen LogP contribution < -0.4 is 4.74 Å². The average Bonchev–Trinajstić information content (AvgIpc) is 3.70. The first-order chi connectivity index (χ1) is 15.8. The minimum atomic E-state index is -0.950. The first-order valence-electron chi connectivity index (χ1n) is 12.8. The van der Waals surface area contributed by atoms with Gasteiger partial charge in [0.2, 0.25) is 0 Å². The van der Waals surface area contributed by atoms with Crippen molar-refractivity contribution in [2.24, 2.45) is 23.2 Å². The fourth-order valence-corrected chi connectivity index (χ4v) is 7.43. The van der Waals surface area contributed by atoms with Gasteiger partial charge in [-0.05, 0) is 100 Å². The Kier molecular flexibility index (Phi) is 4.83. The smallest absolute Gasteiger partial charge is 0.332 e. The van der Waals surface area contributed by atoms with Gasteiger partial charge in [0.15, 0.2) is 0 Å². The van der Waals surface area contributed by atoms with Crippen molar-refractivity contribution in [3.63, 3.8) is 0 Å². The van der Waals surface area contributed by atoms with E-state index in [2.05, 4.69) is 0 Å². The molecular formula is C27H34FNO4. The number of carbonyl (C=O) groups is 2. The molecule has 0 heterocycles. The van der Waals surface area contributed by atoms with Gasteiger partial charge in [0.05, 0.1) is 18.8 Å². The van der Waals surface area contributed by atoms with E-state index in [1.54, 1.807) is 20.0 Å². The molecule has 6 saturated carbocycles. The predicted molar refractivity (Wildman–Crippen MR) is 121 cm³/mol. The number of carbonyl (C=O) groups excluding carboxylic acids is 2. The Hall–Kier alpha value is -2.11. The zero-order valence-electron chi connectivity index (χ0n) is 19.7. The summed E-state index contributed by atoms with van der Waals surface area (Å²) < 4.78 is 26.8. The normalized spacial score (nSPS) is 32.6. The lowest BCUT2D eigenvalue weighted by molar-refractivity contribution is -0.149. The van der Waals surface area contributed by atoms with E-state index in [0.717, 1.165) is 36.2 Å². The van der Waals surface area contributed by atoms with E-state index in [9.17, 15) is 9.59 Å². The quantitative estimate of drug-likeness (QED) is 0.513. The van der Waals surface area contributed by atoms with Gasteiger partial charge in [0.25, 0.3) is 5.91 Å². The highest BCUT2D eigenvalue weighted by Crippen LogP contribution is 2.65. The number of benzene rings is 1. The van der Waals surface area contributed by atoms with Crippen molar-refractivity contribution in [1.82, 2.24) is 4.90 Å². The standard InChI is InChI=1S/C27H34FNO4/c1-3-32-25(31)27(6-7-27)29(2)24(30)21-11-20(18-4-5-18)23(12-22(21)28)33-15-26-13-16-8-17(14-26)10-19(26)9-16/h11-12,16-19H,3-10,13-15H2,1-2H3. The van der Waals surface area contributed by atoms with Crippen LogP contribution in [0.25, 0.3) is 0 Å². The Bertz CT molecular complexity index is 984. The van der Waals surface area contributed by atoms with Crippen molar-refractivity contribution in [1.29, 1.82) is 0 Å². The number of amides is 1. The summed E-state index contributed by atoms with van der Waals surface area (Å²) in [4.78, 5) is 27.1. The molecule has 6 aliphatic rings. The third-order valence-corrected chi connectivity index (χ3v) is 9.35. The van der Waals surface area contributed by atoms with E-state index < -0.39 is 23.2 Å². The van der Waals surface area contributed by atoms with Gasteiger partial charge in [-0.1, -0.05) is 0 Å². The summed E-state index contributed by atoms with van der Waals surface area (Å²) in [6.07, 6.45) is 9.76. The number of likely N-dealkylation sites (N-methyl/N-ethyl adjacent to an activating group) is 1. The summed E-state index contributed by atoms with van der Waals surface area (Å²) in [5, 5.41) is 0. The molecule has 1 amide bonds. The molecule has 6 fully saturated rings. The molecule has 2 atom stereocenters. The van der Waals surface area contributed by atoms with E-state index in [1.165, 1.54) is 43.1 Å². The second-order valence-corrected chi connectivity index (χ2v) is 11.5. The summed E-state index contributed by atoms with van der Waals surface area (Å²) in [6, 6.07) is 3.12. The summed E-state index contributed by atoms with van der Waals surface area (Å²) >= 11 is 0. The summed E-state index contributed by atoms with van der Waals surface area (Å²) in [7, 11) is 1.58. The minimum Gasteiger partial charge on any atom is -0.493 e. The molecule has 6 aliphatic carbocycles. The van der Waals surface area contributed by atoms with Crippen LogP contribution in [0.1, 0.15) is 86.6 Å². The van der Waals surface area contributed by atoms with Crippen molar-refractivity contribution in [3.05, 3.63) is 29.1 Å². The SMILES string of the molecule is CCOC(=O)C1(N(C)C(=O)c2cc(C3CC3)c(OCC34CC5CC(CC3C5)C4)cc2F)CC1. The van der Waals surface area contributed by atoms with Crippen LogP contribution in [-0.4, -0.2) is 42.6 Å². The van der Waals surface area contributed by atoms with E-state index >= 15 is 4.39 Å². The second-order valence-electron chi connectivity index (χ2n) is 11.5. The van der Waals surface area contributed by atoms with Crippen LogP contribution in [0.15, 0.2) is 12.1 Å². The second kappa shape index (κ2) is 7.44. The molecule has 4 bridgehead atoms. The van der Waals surface area contributed by atoms with Gasteiger partial charge in [0, 0.05) is 18.5 Å². The molecule has 6 heteroatoms. The molecule has 0 radical (unpaired) electrons. The third-order valence-electron chi connectivity index (χ3n) is 9.35. The zero-order chi connectivity index (χ0) is 23.0. The Morgan fingerprint density at radius 2 is 1.82 bits per heavy atom. The number of hydrogen-bond acceptors (Lipinski definition) is 4. The van der Waals surface area contributed by atoms with Crippen LogP contribution in [0, 0.1) is 29.0 Å². The van der Waals surface area contributed by atoms with E-state index in [-0.39, 0.29) is 17.6 Å². The molecule has 33 heavy (non-hydrogen) atoms. The van der Waals surface area contributed by atoms with E-state index in [1.807, 2.05) is 0 Å². The Morgan fingerprint density at radius 1 is 1.12 bits per heavy atom. The molecule has 0 saturated heterocycles. The Balaban J connectivity index is 1.23. The van der Waals surface area contributed by atoms with Gasteiger partial charge >= 0.3 is 5.97 Å². The van der Waals surface area contributed by atoms with Gasteiger partial charge in [-0.2, -0.15) is 0 Å². The van der Waals surface area contributed by atoms with Gasteiger partial charge in [-0.25, -0.2) is 9.18 Å². The lowest BCUT2D eigenvalue weighted by Crippen LogP contribution is -2.45. The predicted octanol–water partition coefficient (Wildman–Crippen LogP) is 5.08. The third kappa shape index (κ3) is 3.38. The molecule has 0 spiro atoms. The van der Waals surface area contributed by atoms with Crippen LogP contribution >= 0.6 is 0 Å². The zero-order valence-corrected chi connectivity index (χ0v) is 19.7. The Labute approximate surface area is 195 Å². The Morgan fingerprint density at radius 3 is 2.42 bits per heavy atom. The molecule has 1 aromatic rings.